The largest absolute Gasteiger partial charge is 0.329 e. The summed E-state index contributed by atoms with van der Waals surface area (Å²) in [6.07, 6.45) is 3.06. The molecule has 0 bridgehead atoms. The lowest BCUT2D eigenvalue weighted by Crippen LogP contribution is -2.38. The fourth-order valence-corrected chi connectivity index (χ4v) is 4.68. The van der Waals surface area contributed by atoms with Gasteiger partial charge in [-0.05, 0) is 60.9 Å². The van der Waals surface area contributed by atoms with E-state index < -0.39 is 5.41 Å². The van der Waals surface area contributed by atoms with E-state index in [9.17, 15) is 14.4 Å². The third kappa shape index (κ3) is 4.53. The maximum atomic E-state index is 13.3. The molecule has 1 unspecified atom stereocenters. The highest BCUT2D eigenvalue weighted by Gasteiger charge is 2.40. The molecule has 1 aliphatic rings. The summed E-state index contributed by atoms with van der Waals surface area (Å²) in [4.78, 5) is 45.5. The zero-order valence-electron chi connectivity index (χ0n) is 18.1. The molecule has 0 spiro atoms. The van der Waals surface area contributed by atoms with Crippen LogP contribution in [0.1, 0.15) is 47.4 Å². The Morgan fingerprint density at radius 1 is 1.12 bits per heavy atom. The molecule has 0 saturated heterocycles. The summed E-state index contributed by atoms with van der Waals surface area (Å²) in [6.45, 7) is 4.00. The standard InChI is InChI=1S/C25H25N3O3S/c1-3-32-18-7-4-16(5-8-18)14-23(30)28-21-10-9-19-20(27-21)12-13-25(2,24(19)31)17-6-11-22(29)26-15-17/h4-11,15H,3,12-14H2,1-2H3,(H,26,29)(H,27,28,30). The fourth-order valence-electron chi connectivity index (χ4n) is 4.02. The van der Waals surface area contributed by atoms with E-state index in [-0.39, 0.29) is 23.7 Å². The van der Waals surface area contributed by atoms with Crippen LogP contribution in [0.3, 0.4) is 0 Å². The van der Waals surface area contributed by atoms with Gasteiger partial charge in [-0.2, -0.15) is 0 Å². The second-order valence-corrected chi connectivity index (χ2v) is 9.43. The number of rotatable bonds is 6. The predicted octanol–water partition coefficient (Wildman–Crippen LogP) is 4.15. The quantitative estimate of drug-likeness (QED) is 0.554. The van der Waals surface area contributed by atoms with Crippen LogP contribution in [0.2, 0.25) is 0 Å². The molecular weight excluding hydrogens is 422 g/mol. The molecule has 4 rings (SSSR count). The van der Waals surface area contributed by atoms with Gasteiger partial charge in [0.05, 0.1) is 17.5 Å². The van der Waals surface area contributed by atoms with Crippen LogP contribution in [0.5, 0.6) is 0 Å². The molecule has 1 atom stereocenters. The number of anilines is 1. The molecule has 0 saturated carbocycles. The highest BCUT2D eigenvalue weighted by molar-refractivity contribution is 7.99. The van der Waals surface area contributed by atoms with Crippen molar-refractivity contribution < 1.29 is 9.59 Å². The SMILES string of the molecule is CCSc1ccc(CC(=O)Nc2ccc3c(n2)CCC(C)(c2ccc(=O)[nH]c2)C3=O)cc1. The Balaban J connectivity index is 1.46. The van der Waals surface area contributed by atoms with Crippen molar-refractivity contribution in [2.45, 2.75) is 43.4 Å². The number of pyridine rings is 2. The number of benzene rings is 1. The van der Waals surface area contributed by atoms with Gasteiger partial charge in [-0.25, -0.2) is 4.98 Å². The molecule has 32 heavy (non-hydrogen) atoms. The molecule has 3 aromatic rings. The minimum absolute atomic E-state index is 0.0267. The van der Waals surface area contributed by atoms with Crippen LogP contribution in [-0.2, 0) is 23.1 Å². The number of fused-ring (bicyclic) bond motifs is 1. The van der Waals surface area contributed by atoms with Crippen LogP contribution in [0.25, 0.3) is 0 Å². The van der Waals surface area contributed by atoms with Crippen molar-refractivity contribution in [1.82, 2.24) is 9.97 Å². The van der Waals surface area contributed by atoms with Gasteiger partial charge in [0.15, 0.2) is 5.78 Å². The van der Waals surface area contributed by atoms with Crippen LogP contribution >= 0.6 is 11.8 Å². The van der Waals surface area contributed by atoms with Gasteiger partial charge >= 0.3 is 0 Å². The normalized spacial score (nSPS) is 17.6. The zero-order valence-corrected chi connectivity index (χ0v) is 18.9. The summed E-state index contributed by atoms with van der Waals surface area (Å²) in [6, 6.07) is 14.5. The number of hydrogen-bond acceptors (Lipinski definition) is 5. The molecule has 1 aromatic carbocycles. The topological polar surface area (TPSA) is 91.9 Å². The smallest absolute Gasteiger partial charge is 0.247 e. The number of thioether (sulfide) groups is 1. The number of amides is 1. The number of nitrogens with one attached hydrogen (secondary N) is 2. The maximum absolute atomic E-state index is 13.3. The number of carbonyl (C=O) groups is 2. The van der Waals surface area contributed by atoms with Gasteiger partial charge in [-0.15, -0.1) is 11.8 Å². The minimum atomic E-state index is -0.716. The van der Waals surface area contributed by atoms with Crippen LogP contribution in [0.4, 0.5) is 5.82 Å². The van der Waals surface area contributed by atoms with E-state index in [0.717, 1.165) is 16.9 Å². The Hall–Kier alpha value is -3.19. The lowest BCUT2D eigenvalue weighted by atomic mass is 9.69. The first-order chi connectivity index (χ1) is 15.4. The van der Waals surface area contributed by atoms with E-state index >= 15 is 0 Å². The first-order valence-corrected chi connectivity index (χ1v) is 11.6. The van der Waals surface area contributed by atoms with Gasteiger partial charge in [0.1, 0.15) is 5.82 Å². The minimum Gasteiger partial charge on any atom is -0.329 e. The van der Waals surface area contributed by atoms with E-state index in [2.05, 4.69) is 22.2 Å². The van der Waals surface area contributed by atoms with Gasteiger partial charge in [0.2, 0.25) is 11.5 Å². The Kier molecular flexibility index (Phi) is 6.28. The number of Topliss-reactive ketones (excluding diaryl/α,β-unsaturated/α-hetero) is 1. The second kappa shape index (κ2) is 9.12. The third-order valence-electron chi connectivity index (χ3n) is 5.87. The summed E-state index contributed by atoms with van der Waals surface area (Å²) in [5.41, 5.74) is 2.06. The van der Waals surface area contributed by atoms with Crippen molar-refractivity contribution >= 4 is 29.3 Å². The molecule has 0 aliphatic heterocycles. The molecule has 2 aromatic heterocycles. The molecular formula is C25H25N3O3S. The van der Waals surface area contributed by atoms with E-state index in [1.807, 2.05) is 31.2 Å². The summed E-state index contributed by atoms with van der Waals surface area (Å²) >= 11 is 1.76. The number of aryl methyl sites for hydroxylation is 1. The molecule has 0 fully saturated rings. The van der Waals surface area contributed by atoms with Crippen LogP contribution in [0, 0.1) is 0 Å². The van der Waals surface area contributed by atoms with Gasteiger partial charge in [-0.1, -0.05) is 25.1 Å². The fraction of sp³-hybridized carbons (Fsp3) is 0.280. The maximum Gasteiger partial charge on any atom is 0.247 e. The number of H-pyrrole nitrogens is 1. The first-order valence-electron chi connectivity index (χ1n) is 10.6. The molecule has 7 heteroatoms. The Labute approximate surface area is 190 Å². The third-order valence-corrected chi connectivity index (χ3v) is 6.76. The lowest BCUT2D eigenvalue weighted by molar-refractivity contribution is -0.115. The molecule has 6 nitrogen and oxygen atoms in total. The van der Waals surface area contributed by atoms with Crippen molar-refractivity contribution in [2.24, 2.45) is 0 Å². The molecule has 1 amide bonds. The summed E-state index contributed by atoms with van der Waals surface area (Å²) < 4.78 is 0. The van der Waals surface area contributed by atoms with Crippen molar-refractivity contribution in [3.63, 3.8) is 0 Å². The van der Waals surface area contributed by atoms with Gasteiger partial charge in [0, 0.05) is 22.7 Å². The number of ketones is 1. The van der Waals surface area contributed by atoms with Crippen molar-refractivity contribution in [3.8, 4) is 0 Å². The molecule has 164 valence electrons. The van der Waals surface area contributed by atoms with E-state index in [1.165, 1.54) is 11.0 Å². The molecule has 1 aliphatic carbocycles. The van der Waals surface area contributed by atoms with Gasteiger partial charge in [-0.3, -0.25) is 14.4 Å². The predicted molar refractivity (Wildman–Crippen MR) is 126 cm³/mol. The molecule has 0 radical (unpaired) electrons. The van der Waals surface area contributed by atoms with Crippen LogP contribution < -0.4 is 10.9 Å². The number of aromatic amines is 1. The second-order valence-electron chi connectivity index (χ2n) is 8.10. The molecule has 2 heterocycles. The van der Waals surface area contributed by atoms with Crippen molar-refractivity contribution in [2.75, 3.05) is 11.1 Å². The average molecular weight is 448 g/mol. The van der Waals surface area contributed by atoms with Crippen LogP contribution in [-0.4, -0.2) is 27.4 Å². The highest BCUT2D eigenvalue weighted by atomic mass is 32.2. The number of nitrogens with zero attached hydrogens (tertiary/aromatic N) is 1. The van der Waals surface area contributed by atoms with E-state index in [0.29, 0.717) is 29.9 Å². The first kappa shape index (κ1) is 22.0. The summed E-state index contributed by atoms with van der Waals surface area (Å²) in [7, 11) is 0. The number of carbonyl (C=O) groups excluding carboxylic acids is 2. The monoisotopic (exact) mass is 447 g/mol. The number of aromatic nitrogens is 2. The zero-order chi connectivity index (χ0) is 22.7. The molecule has 2 N–H and O–H groups in total. The Bertz CT molecular complexity index is 1200. The van der Waals surface area contributed by atoms with Gasteiger partial charge < -0.3 is 10.3 Å². The van der Waals surface area contributed by atoms with Gasteiger partial charge in [0.25, 0.3) is 0 Å². The van der Waals surface area contributed by atoms with Crippen molar-refractivity contribution in [1.29, 1.82) is 0 Å². The van der Waals surface area contributed by atoms with E-state index in [1.54, 1.807) is 36.2 Å². The van der Waals surface area contributed by atoms with E-state index in [4.69, 9.17) is 0 Å². The van der Waals surface area contributed by atoms with Crippen molar-refractivity contribution in [3.05, 3.63) is 87.5 Å². The van der Waals surface area contributed by atoms with Crippen LogP contribution in [0.15, 0.2) is 64.4 Å². The highest BCUT2D eigenvalue weighted by Crippen LogP contribution is 2.37. The Morgan fingerprint density at radius 3 is 2.59 bits per heavy atom. The number of hydrogen-bond donors (Lipinski definition) is 2. The summed E-state index contributed by atoms with van der Waals surface area (Å²) in [5.74, 6) is 1.29. The summed E-state index contributed by atoms with van der Waals surface area (Å²) in [5, 5.41) is 2.85. The average Bonchev–Trinajstić information content (AvgIpc) is 2.78. The lowest BCUT2D eigenvalue weighted by Gasteiger charge is -2.33. The Morgan fingerprint density at radius 2 is 1.91 bits per heavy atom.